The number of carbonyl (C=O) groups is 2. The molecule has 2 aliphatic heterocycles. The molecule has 51 heavy (non-hydrogen) atoms. The van der Waals surface area contributed by atoms with Crippen molar-refractivity contribution in [2.24, 2.45) is 5.41 Å². The standard InChI is InChI=1S/C41H48N4O5S/c1-26(2)51(48,49)42-39(46)29-15-17-32-35(21-29)45-25-41(40(47)44-20-19-43(3)24-36(44)27-11-7-5-8-12-27)23-34(41)33-22-30(50-4)16-18-31(33)38(45)37(32)28-13-9-6-10-14-28/h5,7-8,11-12,15-18,21-22,26,28,34,36H,6,9-10,13-14,19-20,23-25H2,1-4H3,(H,42,46)/t34?,36-,41?/m1/s1. The van der Waals surface area contributed by atoms with Crippen molar-refractivity contribution in [2.45, 2.75) is 82.0 Å². The summed E-state index contributed by atoms with van der Waals surface area (Å²) in [4.78, 5) is 33.2. The molecule has 1 aromatic heterocycles. The number of piperazine rings is 1. The summed E-state index contributed by atoms with van der Waals surface area (Å²) in [5, 5.41) is 0.332. The molecule has 8 rings (SSSR count). The molecule has 0 radical (unpaired) electrons. The second kappa shape index (κ2) is 12.8. The van der Waals surface area contributed by atoms with Gasteiger partial charge in [-0.2, -0.15) is 0 Å². The van der Waals surface area contributed by atoms with E-state index in [0.29, 0.717) is 19.0 Å². The fourth-order valence-corrected chi connectivity index (χ4v) is 9.75. The second-order valence-electron chi connectivity index (χ2n) is 15.5. The lowest BCUT2D eigenvalue weighted by Gasteiger charge is -2.42. The van der Waals surface area contributed by atoms with Crippen LogP contribution in [0.15, 0.2) is 66.7 Å². The van der Waals surface area contributed by atoms with E-state index in [1.807, 2.05) is 36.4 Å². The van der Waals surface area contributed by atoms with E-state index in [0.717, 1.165) is 84.2 Å². The first-order valence-corrected chi connectivity index (χ1v) is 20.0. The van der Waals surface area contributed by atoms with E-state index in [9.17, 15) is 13.2 Å². The summed E-state index contributed by atoms with van der Waals surface area (Å²) in [5.74, 6) is 0.668. The summed E-state index contributed by atoms with van der Waals surface area (Å²) in [6.45, 7) is 5.81. The minimum absolute atomic E-state index is 0.0167. The maximum absolute atomic E-state index is 15.3. The number of carbonyl (C=O) groups excluding carboxylic acids is 2. The van der Waals surface area contributed by atoms with Crippen LogP contribution >= 0.6 is 0 Å². The largest absolute Gasteiger partial charge is 0.497 e. The number of benzene rings is 3. The number of hydrogen-bond acceptors (Lipinski definition) is 6. The van der Waals surface area contributed by atoms with Gasteiger partial charge >= 0.3 is 0 Å². The van der Waals surface area contributed by atoms with Crippen LogP contribution in [0.5, 0.6) is 5.75 Å². The van der Waals surface area contributed by atoms with Gasteiger partial charge < -0.3 is 19.1 Å². The number of hydrogen-bond donors (Lipinski definition) is 1. The molecular formula is C41H48N4O5S. The molecule has 3 aromatic carbocycles. The van der Waals surface area contributed by atoms with E-state index in [-0.39, 0.29) is 23.4 Å². The Kier molecular flexibility index (Phi) is 8.53. The Morgan fingerprint density at radius 2 is 1.73 bits per heavy atom. The van der Waals surface area contributed by atoms with Gasteiger partial charge in [0, 0.05) is 54.1 Å². The summed E-state index contributed by atoms with van der Waals surface area (Å²) in [6, 6.07) is 22.2. The van der Waals surface area contributed by atoms with Gasteiger partial charge in [0.25, 0.3) is 5.91 Å². The number of sulfonamides is 1. The summed E-state index contributed by atoms with van der Waals surface area (Å²) >= 11 is 0. The van der Waals surface area contributed by atoms with Crippen molar-refractivity contribution in [1.82, 2.24) is 19.1 Å². The van der Waals surface area contributed by atoms with Crippen molar-refractivity contribution >= 4 is 32.7 Å². The summed E-state index contributed by atoms with van der Waals surface area (Å²) in [7, 11) is -0.0104. The molecule has 3 atom stereocenters. The average molecular weight is 709 g/mol. The van der Waals surface area contributed by atoms with Gasteiger partial charge in [-0.1, -0.05) is 55.7 Å². The van der Waals surface area contributed by atoms with Gasteiger partial charge in [0.15, 0.2) is 0 Å². The molecule has 4 aliphatic rings. The second-order valence-corrected chi connectivity index (χ2v) is 17.7. The fraction of sp³-hybridized carbons (Fsp3) is 0.463. The van der Waals surface area contributed by atoms with Gasteiger partial charge in [0.05, 0.1) is 29.5 Å². The quantitative estimate of drug-likeness (QED) is 0.226. The van der Waals surface area contributed by atoms with Crippen LogP contribution in [-0.2, 0) is 21.4 Å². The molecule has 0 bridgehead atoms. The minimum Gasteiger partial charge on any atom is -0.497 e. The molecule has 9 nitrogen and oxygen atoms in total. The van der Waals surface area contributed by atoms with E-state index in [1.54, 1.807) is 27.0 Å². The van der Waals surface area contributed by atoms with Crippen molar-refractivity contribution in [1.29, 1.82) is 0 Å². The van der Waals surface area contributed by atoms with Crippen molar-refractivity contribution < 1.29 is 22.7 Å². The molecule has 2 aliphatic carbocycles. The van der Waals surface area contributed by atoms with Crippen LogP contribution in [0.1, 0.15) is 97.3 Å². The number of amides is 2. The molecule has 1 saturated heterocycles. The molecule has 3 fully saturated rings. The van der Waals surface area contributed by atoms with Crippen molar-refractivity contribution in [3.8, 4) is 17.0 Å². The summed E-state index contributed by atoms with van der Waals surface area (Å²) in [5.41, 5.74) is 6.30. The van der Waals surface area contributed by atoms with Crippen LogP contribution in [0.4, 0.5) is 0 Å². The fourth-order valence-electron chi connectivity index (χ4n) is 9.14. The number of nitrogens with zero attached hydrogens (tertiary/aromatic N) is 3. The maximum Gasteiger partial charge on any atom is 0.264 e. The summed E-state index contributed by atoms with van der Waals surface area (Å²) < 4.78 is 35.8. The molecule has 268 valence electrons. The first kappa shape index (κ1) is 34.0. The third-order valence-electron chi connectivity index (χ3n) is 12.1. The minimum atomic E-state index is -3.82. The first-order valence-electron chi connectivity index (χ1n) is 18.5. The Morgan fingerprint density at radius 3 is 2.45 bits per heavy atom. The van der Waals surface area contributed by atoms with E-state index >= 15 is 4.79 Å². The Balaban J connectivity index is 1.31. The van der Waals surface area contributed by atoms with Crippen molar-refractivity contribution in [3.63, 3.8) is 0 Å². The third kappa shape index (κ3) is 5.75. The highest BCUT2D eigenvalue weighted by molar-refractivity contribution is 7.90. The van der Waals surface area contributed by atoms with Gasteiger partial charge in [-0.3, -0.25) is 9.59 Å². The molecule has 3 heterocycles. The predicted molar refractivity (Wildman–Crippen MR) is 199 cm³/mol. The number of methoxy groups -OCH3 is 1. The molecular weight excluding hydrogens is 661 g/mol. The summed E-state index contributed by atoms with van der Waals surface area (Å²) in [6.07, 6.45) is 6.44. The number of aromatic nitrogens is 1. The third-order valence-corrected chi connectivity index (χ3v) is 13.8. The zero-order valence-corrected chi connectivity index (χ0v) is 30.8. The van der Waals surface area contributed by atoms with Crippen LogP contribution in [-0.4, -0.2) is 73.6 Å². The smallest absolute Gasteiger partial charge is 0.264 e. The Labute approximate surface area is 301 Å². The van der Waals surface area contributed by atoms with E-state index in [4.69, 9.17) is 4.74 Å². The van der Waals surface area contributed by atoms with Gasteiger partial charge in [0.2, 0.25) is 15.9 Å². The normalized spacial score (nSPS) is 23.7. The lowest BCUT2D eigenvalue weighted by Crippen LogP contribution is -2.52. The van der Waals surface area contributed by atoms with Gasteiger partial charge in [-0.05, 0) is 93.1 Å². The Bertz CT molecular complexity index is 2120. The van der Waals surface area contributed by atoms with Crippen LogP contribution in [0.3, 0.4) is 0 Å². The van der Waals surface area contributed by atoms with E-state index in [2.05, 4.69) is 50.4 Å². The molecule has 2 unspecified atom stereocenters. The van der Waals surface area contributed by atoms with Gasteiger partial charge in [-0.25, -0.2) is 13.1 Å². The Morgan fingerprint density at radius 1 is 0.961 bits per heavy atom. The van der Waals surface area contributed by atoms with Crippen molar-refractivity contribution in [3.05, 3.63) is 89.0 Å². The SMILES string of the molecule is COc1ccc2c(c1)C1CC1(C(=O)N1CCN(C)C[C@@H]1c1ccccc1)Cn1c-2c(C2CCCCC2)c2ccc(C(=O)NS(=O)(=O)C(C)C)cc21. The highest BCUT2D eigenvalue weighted by Crippen LogP contribution is 2.66. The predicted octanol–water partition coefficient (Wildman–Crippen LogP) is 6.84. The number of rotatable bonds is 7. The molecule has 2 saturated carbocycles. The highest BCUT2D eigenvalue weighted by atomic mass is 32.2. The number of nitrogens with one attached hydrogen (secondary N) is 1. The van der Waals surface area contributed by atoms with Crippen LogP contribution < -0.4 is 9.46 Å². The molecule has 10 heteroatoms. The van der Waals surface area contributed by atoms with Crippen LogP contribution in [0.2, 0.25) is 0 Å². The molecule has 0 spiro atoms. The monoisotopic (exact) mass is 708 g/mol. The topological polar surface area (TPSA) is 101 Å². The average Bonchev–Trinajstić information content (AvgIpc) is 3.81. The van der Waals surface area contributed by atoms with Gasteiger partial charge in [0.1, 0.15) is 5.75 Å². The number of ether oxygens (including phenoxy) is 1. The molecule has 4 aromatic rings. The van der Waals surface area contributed by atoms with Crippen LogP contribution in [0.25, 0.3) is 22.2 Å². The van der Waals surface area contributed by atoms with E-state index < -0.39 is 26.6 Å². The maximum atomic E-state index is 15.3. The van der Waals surface area contributed by atoms with E-state index in [1.165, 1.54) is 12.0 Å². The van der Waals surface area contributed by atoms with Gasteiger partial charge in [-0.15, -0.1) is 0 Å². The lowest BCUT2D eigenvalue weighted by molar-refractivity contribution is -0.143. The zero-order valence-electron chi connectivity index (χ0n) is 30.0. The Hall–Kier alpha value is -4.15. The van der Waals surface area contributed by atoms with Crippen LogP contribution in [0, 0.1) is 5.41 Å². The zero-order chi connectivity index (χ0) is 35.7. The lowest BCUT2D eigenvalue weighted by atomic mass is 9.81. The highest BCUT2D eigenvalue weighted by Gasteiger charge is 2.64. The first-order chi connectivity index (χ1) is 24.5. The molecule has 1 N–H and O–H groups in total. The molecule has 2 amide bonds. The van der Waals surface area contributed by atoms with Crippen molar-refractivity contribution in [2.75, 3.05) is 33.8 Å². The number of fused-ring (bicyclic) bond motifs is 7. The number of likely N-dealkylation sites (N-methyl/N-ethyl adjacent to an activating group) is 1.